The Balaban J connectivity index is 1.82. The van der Waals surface area contributed by atoms with Gasteiger partial charge in [-0.25, -0.2) is 4.98 Å². The summed E-state index contributed by atoms with van der Waals surface area (Å²) in [6.45, 7) is 10.5. The molecular weight excluding hydrogens is 312 g/mol. The summed E-state index contributed by atoms with van der Waals surface area (Å²) in [7, 11) is 0. The van der Waals surface area contributed by atoms with E-state index < -0.39 is 0 Å². The molecular formula is C21H26N2O2. The summed E-state index contributed by atoms with van der Waals surface area (Å²) in [4.78, 5) is 4.84. The Kier molecular flexibility index (Phi) is 4.98. The molecule has 0 aliphatic heterocycles. The molecule has 4 heteroatoms. The number of rotatable bonds is 6. The molecule has 3 aromatic rings. The van der Waals surface area contributed by atoms with Gasteiger partial charge in [-0.2, -0.15) is 0 Å². The number of hydrogen-bond donors (Lipinski definition) is 0. The topological polar surface area (TPSA) is 36.3 Å². The van der Waals surface area contributed by atoms with Crippen LogP contribution in [0.3, 0.4) is 0 Å². The summed E-state index contributed by atoms with van der Waals surface area (Å²) < 4.78 is 13.9. The van der Waals surface area contributed by atoms with Crippen LogP contribution >= 0.6 is 0 Å². The highest BCUT2D eigenvalue weighted by molar-refractivity contribution is 5.76. The van der Waals surface area contributed by atoms with Crippen LogP contribution < -0.4 is 9.47 Å². The molecule has 0 atom stereocenters. The van der Waals surface area contributed by atoms with E-state index in [-0.39, 0.29) is 5.41 Å². The molecule has 2 aromatic carbocycles. The third-order valence-electron chi connectivity index (χ3n) is 4.05. The minimum Gasteiger partial charge on any atom is -0.490 e. The second-order valence-corrected chi connectivity index (χ2v) is 7.05. The average molecular weight is 338 g/mol. The van der Waals surface area contributed by atoms with Gasteiger partial charge >= 0.3 is 0 Å². The Bertz CT molecular complexity index is 846. The Hall–Kier alpha value is -2.49. The number of para-hydroxylation sites is 4. The van der Waals surface area contributed by atoms with E-state index in [0.29, 0.717) is 13.2 Å². The van der Waals surface area contributed by atoms with Crippen LogP contribution in [0, 0.1) is 0 Å². The highest BCUT2D eigenvalue weighted by Crippen LogP contribution is 2.28. The SMILES string of the molecule is CCOc1ccccc1OCCn1c(C(C)(C)C)nc2ccccc21. The molecule has 0 aliphatic rings. The Morgan fingerprint density at radius 1 is 0.920 bits per heavy atom. The van der Waals surface area contributed by atoms with E-state index in [0.717, 1.165) is 34.9 Å². The fourth-order valence-corrected chi connectivity index (χ4v) is 2.97. The summed E-state index contributed by atoms with van der Waals surface area (Å²) in [6, 6.07) is 16.1. The summed E-state index contributed by atoms with van der Waals surface area (Å²) in [5.74, 6) is 2.65. The minimum absolute atomic E-state index is 0.0255. The van der Waals surface area contributed by atoms with Crippen LogP contribution in [0.2, 0.25) is 0 Å². The number of aromatic nitrogens is 2. The number of ether oxygens (including phenoxy) is 2. The average Bonchev–Trinajstić information content (AvgIpc) is 2.96. The zero-order valence-corrected chi connectivity index (χ0v) is 15.5. The lowest BCUT2D eigenvalue weighted by Gasteiger charge is -2.20. The largest absolute Gasteiger partial charge is 0.490 e. The second-order valence-electron chi connectivity index (χ2n) is 7.05. The van der Waals surface area contributed by atoms with Gasteiger partial charge in [-0.3, -0.25) is 0 Å². The molecule has 0 amide bonds. The molecule has 3 rings (SSSR count). The predicted molar refractivity (Wildman–Crippen MR) is 102 cm³/mol. The van der Waals surface area contributed by atoms with E-state index >= 15 is 0 Å². The van der Waals surface area contributed by atoms with Crippen molar-refractivity contribution >= 4 is 11.0 Å². The van der Waals surface area contributed by atoms with E-state index in [4.69, 9.17) is 14.5 Å². The Morgan fingerprint density at radius 3 is 2.24 bits per heavy atom. The fourth-order valence-electron chi connectivity index (χ4n) is 2.97. The Morgan fingerprint density at radius 2 is 1.56 bits per heavy atom. The van der Waals surface area contributed by atoms with E-state index in [9.17, 15) is 0 Å². The van der Waals surface area contributed by atoms with Gasteiger partial charge in [0.2, 0.25) is 0 Å². The van der Waals surface area contributed by atoms with Crippen molar-refractivity contribution in [2.75, 3.05) is 13.2 Å². The minimum atomic E-state index is -0.0255. The van der Waals surface area contributed by atoms with Crippen molar-refractivity contribution in [3.63, 3.8) is 0 Å². The zero-order valence-electron chi connectivity index (χ0n) is 15.5. The third kappa shape index (κ3) is 3.78. The molecule has 25 heavy (non-hydrogen) atoms. The number of hydrogen-bond acceptors (Lipinski definition) is 3. The molecule has 1 aromatic heterocycles. The van der Waals surface area contributed by atoms with Crippen molar-refractivity contribution in [3.05, 3.63) is 54.4 Å². The van der Waals surface area contributed by atoms with Gasteiger partial charge in [-0.05, 0) is 31.2 Å². The van der Waals surface area contributed by atoms with Crippen LogP contribution in [0.25, 0.3) is 11.0 Å². The van der Waals surface area contributed by atoms with Crippen LogP contribution in [-0.2, 0) is 12.0 Å². The van der Waals surface area contributed by atoms with Crippen molar-refractivity contribution in [2.45, 2.75) is 39.7 Å². The van der Waals surface area contributed by atoms with Crippen molar-refractivity contribution in [1.82, 2.24) is 9.55 Å². The van der Waals surface area contributed by atoms with Gasteiger partial charge in [0.1, 0.15) is 12.4 Å². The molecule has 0 N–H and O–H groups in total. The summed E-state index contributed by atoms with van der Waals surface area (Å²) in [6.07, 6.45) is 0. The van der Waals surface area contributed by atoms with E-state index in [1.54, 1.807) is 0 Å². The molecule has 4 nitrogen and oxygen atoms in total. The van der Waals surface area contributed by atoms with E-state index in [1.807, 2.05) is 37.3 Å². The first-order valence-corrected chi connectivity index (χ1v) is 8.81. The highest BCUT2D eigenvalue weighted by atomic mass is 16.5. The maximum absolute atomic E-state index is 6.01. The van der Waals surface area contributed by atoms with Crippen LogP contribution in [0.5, 0.6) is 11.5 Å². The number of nitrogens with zero attached hydrogens (tertiary/aromatic N) is 2. The fraction of sp³-hybridized carbons (Fsp3) is 0.381. The Labute approximate surface area is 149 Å². The molecule has 0 radical (unpaired) electrons. The normalized spacial score (nSPS) is 11.7. The van der Waals surface area contributed by atoms with Gasteiger partial charge in [0.25, 0.3) is 0 Å². The quantitative estimate of drug-likeness (QED) is 0.647. The zero-order chi connectivity index (χ0) is 17.9. The predicted octanol–water partition coefficient (Wildman–Crippen LogP) is 4.81. The lowest BCUT2D eigenvalue weighted by atomic mass is 9.95. The highest BCUT2D eigenvalue weighted by Gasteiger charge is 2.22. The van der Waals surface area contributed by atoms with Crippen molar-refractivity contribution in [1.29, 1.82) is 0 Å². The summed E-state index contributed by atoms with van der Waals surface area (Å²) in [5, 5.41) is 0. The molecule has 0 spiro atoms. The summed E-state index contributed by atoms with van der Waals surface area (Å²) in [5.41, 5.74) is 2.15. The number of imidazole rings is 1. The maximum atomic E-state index is 6.01. The number of fused-ring (bicyclic) bond motifs is 1. The van der Waals surface area contributed by atoms with Crippen molar-refractivity contribution in [2.24, 2.45) is 0 Å². The molecule has 0 aliphatic carbocycles. The standard InChI is InChI=1S/C21H26N2O2/c1-5-24-18-12-8-9-13-19(18)25-15-14-23-17-11-7-6-10-16(17)22-20(23)21(2,3)4/h6-13H,5,14-15H2,1-4H3. The van der Waals surface area contributed by atoms with Crippen LogP contribution in [0.4, 0.5) is 0 Å². The van der Waals surface area contributed by atoms with Crippen LogP contribution in [0.1, 0.15) is 33.5 Å². The molecule has 132 valence electrons. The van der Waals surface area contributed by atoms with Crippen LogP contribution in [-0.4, -0.2) is 22.8 Å². The molecule has 0 saturated heterocycles. The molecule has 0 saturated carbocycles. The number of benzene rings is 2. The van der Waals surface area contributed by atoms with Gasteiger partial charge in [0.05, 0.1) is 24.2 Å². The monoisotopic (exact) mass is 338 g/mol. The first kappa shape index (κ1) is 17.3. The third-order valence-corrected chi connectivity index (χ3v) is 4.05. The first-order chi connectivity index (χ1) is 12.0. The lowest BCUT2D eigenvalue weighted by molar-refractivity contribution is 0.265. The first-order valence-electron chi connectivity index (χ1n) is 8.81. The smallest absolute Gasteiger partial charge is 0.161 e. The maximum Gasteiger partial charge on any atom is 0.161 e. The lowest BCUT2D eigenvalue weighted by Crippen LogP contribution is -2.21. The van der Waals surface area contributed by atoms with Gasteiger partial charge in [-0.15, -0.1) is 0 Å². The van der Waals surface area contributed by atoms with Gasteiger partial charge in [-0.1, -0.05) is 45.0 Å². The van der Waals surface area contributed by atoms with Crippen LogP contribution in [0.15, 0.2) is 48.5 Å². The van der Waals surface area contributed by atoms with E-state index in [1.165, 1.54) is 0 Å². The summed E-state index contributed by atoms with van der Waals surface area (Å²) >= 11 is 0. The van der Waals surface area contributed by atoms with Crippen molar-refractivity contribution < 1.29 is 9.47 Å². The van der Waals surface area contributed by atoms with E-state index in [2.05, 4.69) is 43.5 Å². The molecule has 0 unspecified atom stereocenters. The molecule has 0 fully saturated rings. The van der Waals surface area contributed by atoms with Gasteiger partial charge in [0.15, 0.2) is 11.5 Å². The second kappa shape index (κ2) is 7.18. The molecule has 0 bridgehead atoms. The van der Waals surface area contributed by atoms with Gasteiger partial charge in [0, 0.05) is 5.41 Å². The van der Waals surface area contributed by atoms with Gasteiger partial charge < -0.3 is 14.0 Å². The molecule has 1 heterocycles. The van der Waals surface area contributed by atoms with Crippen molar-refractivity contribution in [3.8, 4) is 11.5 Å².